The molecule has 0 amide bonds. The summed E-state index contributed by atoms with van der Waals surface area (Å²) in [6.07, 6.45) is 1.42. The van der Waals surface area contributed by atoms with E-state index in [1.165, 1.54) is 18.3 Å². The molecule has 2 rings (SSSR count). The van der Waals surface area contributed by atoms with Crippen LogP contribution in [0.5, 0.6) is 5.75 Å². The molecule has 0 aliphatic rings. The Morgan fingerprint density at radius 2 is 1.82 bits per heavy atom. The van der Waals surface area contributed by atoms with Crippen LogP contribution >= 0.6 is 31.9 Å². The third kappa shape index (κ3) is 4.31. The number of nitrogens with one attached hydrogen (secondary N) is 1. The van der Waals surface area contributed by atoms with E-state index in [4.69, 9.17) is 4.74 Å². The summed E-state index contributed by atoms with van der Waals surface area (Å²) < 4.78 is 30.7. The Kier molecular flexibility index (Phi) is 5.60. The molecule has 0 saturated heterocycles. The van der Waals surface area contributed by atoms with Gasteiger partial charge in [-0.1, -0.05) is 15.9 Å². The van der Waals surface area contributed by atoms with Crippen LogP contribution in [-0.4, -0.2) is 21.7 Å². The minimum atomic E-state index is -3.68. The van der Waals surface area contributed by atoms with Gasteiger partial charge in [0.2, 0.25) is 0 Å². The van der Waals surface area contributed by atoms with E-state index in [1.807, 2.05) is 0 Å². The van der Waals surface area contributed by atoms with E-state index in [-0.39, 0.29) is 4.90 Å². The highest BCUT2D eigenvalue weighted by molar-refractivity contribution is 9.10. The molecule has 0 radical (unpaired) electrons. The lowest BCUT2D eigenvalue weighted by Gasteiger charge is -2.04. The molecule has 0 atom stereocenters. The van der Waals surface area contributed by atoms with Crippen molar-refractivity contribution in [2.24, 2.45) is 5.10 Å². The van der Waals surface area contributed by atoms with E-state index < -0.39 is 10.0 Å². The predicted octanol–water partition coefficient (Wildman–Crippen LogP) is 3.53. The fourth-order valence-corrected chi connectivity index (χ4v) is 3.21. The SMILES string of the molecule is COc1ccc(/C=N/NS(=O)(=O)c2ccc(Br)cc2)cc1Br. The molecular weight excluding hydrogens is 436 g/mol. The van der Waals surface area contributed by atoms with Crippen LogP contribution in [0.4, 0.5) is 0 Å². The normalized spacial score (nSPS) is 11.6. The van der Waals surface area contributed by atoms with E-state index in [1.54, 1.807) is 37.4 Å². The van der Waals surface area contributed by atoms with Crippen molar-refractivity contribution in [2.75, 3.05) is 7.11 Å². The average molecular weight is 448 g/mol. The van der Waals surface area contributed by atoms with E-state index in [0.717, 1.165) is 14.5 Å². The Morgan fingerprint density at radius 1 is 1.14 bits per heavy atom. The first-order valence-electron chi connectivity index (χ1n) is 6.06. The van der Waals surface area contributed by atoms with Crippen LogP contribution in [0.3, 0.4) is 0 Å². The van der Waals surface area contributed by atoms with Crippen molar-refractivity contribution < 1.29 is 13.2 Å². The van der Waals surface area contributed by atoms with Crippen LogP contribution in [0.1, 0.15) is 5.56 Å². The molecule has 0 fully saturated rings. The molecule has 5 nitrogen and oxygen atoms in total. The van der Waals surface area contributed by atoms with Gasteiger partial charge in [0.25, 0.3) is 10.0 Å². The van der Waals surface area contributed by atoms with Gasteiger partial charge in [-0.25, -0.2) is 4.83 Å². The van der Waals surface area contributed by atoms with Crippen molar-refractivity contribution in [3.05, 3.63) is 57.0 Å². The monoisotopic (exact) mass is 446 g/mol. The highest BCUT2D eigenvalue weighted by Crippen LogP contribution is 2.24. The zero-order valence-corrected chi connectivity index (χ0v) is 15.4. The summed E-state index contributed by atoms with van der Waals surface area (Å²) in [6, 6.07) is 11.6. The van der Waals surface area contributed by atoms with E-state index in [9.17, 15) is 8.42 Å². The van der Waals surface area contributed by atoms with E-state index in [0.29, 0.717) is 5.75 Å². The number of halogens is 2. The highest BCUT2D eigenvalue weighted by Gasteiger charge is 2.11. The standard InChI is InChI=1S/C14H12Br2N2O3S/c1-21-14-7-2-10(8-13(14)16)9-17-18-22(19,20)12-5-3-11(15)4-6-12/h2-9,18H,1H3/b17-9+. The first-order chi connectivity index (χ1) is 10.4. The molecule has 0 bridgehead atoms. The Hall–Kier alpha value is -1.38. The van der Waals surface area contributed by atoms with Crippen LogP contribution in [0.25, 0.3) is 0 Å². The largest absolute Gasteiger partial charge is 0.496 e. The fourth-order valence-electron chi connectivity index (χ4n) is 1.60. The number of sulfonamides is 1. The van der Waals surface area contributed by atoms with Crippen molar-refractivity contribution in [1.29, 1.82) is 0 Å². The van der Waals surface area contributed by atoms with Crippen molar-refractivity contribution in [2.45, 2.75) is 4.90 Å². The number of rotatable bonds is 5. The Bertz CT molecular complexity index is 790. The molecule has 0 saturated carbocycles. The molecule has 1 N–H and O–H groups in total. The zero-order valence-electron chi connectivity index (χ0n) is 11.5. The highest BCUT2D eigenvalue weighted by atomic mass is 79.9. The molecule has 0 aromatic heterocycles. The Morgan fingerprint density at radius 3 is 2.41 bits per heavy atom. The summed E-state index contributed by atoms with van der Waals surface area (Å²) in [6.45, 7) is 0. The minimum Gasteiger partial charge on any atom is -0.496 e. The van der Waals surface area contributed by atoms with Gasteiger partial charge >= 0.3 is 0 Å². The lowest BCUT2D eigenvalue weighted by molar-refractivity contribution is 0.412. The summed E-state index contributed by atoms with van der Waals surface area (Å²) >= 11 is 6.61. The molecule has 0 heterocycles. The van der Waals surface area contributed by atoms with Gasteiger partial charge in [-0.3, -0.25) is 0 Å². The Labute approximate surface area is 145 Å². The smallest absolute Gasteiger partial charge is 0.276 e. The molecule has 0 unspecified atom stereocenters. The van der Waals surface area contributed by atoms with E-state index >= 15 is 0 Å². The van der Waals surface area contributed by atoms with Gasteiger partial charge in [-0.15, -0.1) is 0 Å². The molecule has 2 aromatic carbocycles. The molecule has 2 aromatic rings. The molecule has 0 aliphatic heterocycles. The predicted molar refractivity (Wildman–Crippen MR) is 92.8 cm³/mol. The summed E-state index contributed by atoms with van der Waals surface area (Å²) in [4.78, 5) is 2.31. The zero-order chi connectivity index (χ0) is 16.2. The van der Waals surface area contributed by atoms with Gasteiger partial charge in [0.1, 0.15) is 5.75 Å². The first-order valence-corrected chi connectivity index (χ1v) is 9.13. The average Bonchev–Trinajstić information content (AvgIpc) is 2.48. The van der Waals surface area contributed by atoms with Gasteiger partial charge in [-0.05, 0) is 64.0 Å². The van der Waals surface area contributed by atoms with Gasteiger partial charge in [0.05, 0.1) is 22.7 Å². The summed E-state index contributed by atoms with van der Waals surface area (Å²) in [5, 5.41) is 3.77. The van der Waals surface area contributed by atoms with Crippen molar-refractivity contribution in [3.63, 3.8) is 0 Å². The molecule has 8 heteroatoms. The van der Waals surface area contributed by atoms with Crippen LogP contribution in [0.15, 0.2) is 61.4 Å². The number of hydrogen-bond donors (Lipinski definition) is 1. The van der Waals surface area contributed by atoms with Gasteiger partial charge in [-0.2, -0.15) is 13.5 Å². The lowest BCUT2D eigenvalue weighted by atomic mass is 10.2. The molecule has 22 heavy (non-hydrogen) atoms. The van der Waals surface area contributed by atoms with Crippen molar-refractivity contribution >= 4 is 48.1 Å². The first kappa shape index (κ1) is 17.0. The van der Waals surface area contributed by atoms with Crippen LogP contribution in [0.2, 0.25) is 0 Å². The topological polar surface area (TPSA) is 67.8 Å². The maximum Gasteiger partial charge on any atom is 0.276 e. The summed E-state index contributed by atoms with van der Waals surface area (Å²) in [5.74, 6) is 0.688. The fraction of sp³-hybridized carbons (Fsp3) is 0.0714. The lowest BCUT2D eigenvalue weighted by Crippen LogP contribution is -2.18. The van der Waals surface area contributed by atoms with Gasteiger partial charge in [0.15, 0.2) is 0 Å². The molecule has 116 valence electrons. The maximum absolute atomic E-state index is 12.0. The second kappa shape index (κ2) is 7.26. The number of hydrazone groups is 1. The third-order valence-electron chi connectivity index (χ3n) is 2.69. The van der Waals surface area contributed by atoms with Crippen molar-refractivity contribution in [1.82, 2.24) is 4.83 Å². The summed E-state index contributed by atoms with van der Waals surface area (Å²) in [5.41, 5.74) is 0.728. The minimum absolute atomic E-state index is 0.142. The van der Waals surface area contributed by atoms with Crippen LogP contribution < -0.4 is 9.57 Å². The number of nitrogens with zero attached hydrogens (tertiary/aromatic N) is 1. The number of ether oxygens (including phenoxy) is 1. The Balaban J connectivity index is 2.11. The maximum atomic E-state index is 12.0. The second-order valence-corrected chi connectivity index (χ2v) is 7.63. The number of hydrogen-bond acceptors (Lipinski definition) is 4. The van der Waals surface area contributed by atoms with Crippen LogP contribution in [-0.2, 0) is 10.0 Å². The van der Waals surface area contributed by atoms with E-state index in [2.05, 4.69) is 41.8 Å². The third-order valence-corrected chi connectivity index (χ3v) is 5.07. The van der Waals surface area contributed by atoms with Crippen molar-refractivity contribution in [3.8, 4) is 5.75 Å². The number of methoxy groups -OCH3 is 1. The van der Waals surface area contributed by atoms with Gasteiger partial charge < -0.3 is 4.74 Å². The molecule has 0 aliphatic carbocycles. The number of benzene rings is 2. The second-order valence-electron chi connectivity index (χ2n) is 4.20. The quantitative estimate of drug-likeness (QED) is 0.563. The van der Waals surface area contributed by atoms with Crippen LogP contribution in [0, 0.1) is 0 Å². The summed E-state index contributed by atoms with van der Waals surface area (Å²) in [7, 11) is -2.11. The molecular formula is C14H12Br2N2O3S. The van der Waals surface area contributed by atoms with Gasteiger partial charge in [0, 0.05) is 4.47 Å². The molecule has 0 spiro atoms.